The van der Waals surface area contributed by atoms with Crippen molar-refractivity contribution < 1.29 is 9.53 Å². The van der Waals surface area contributed by atoms with Crippen LogP contribution in [-0.2, 0) is 9.53 Å². The van der Waals surface area contributed by atoms with E-state index in [4.69, 9.17) is 4.74 Å². The maximum atomic E-state index is 12.4. The number of piperazine rings is 1. The van der Waals surface area contributed by atoms with E-state index >= 15 is 0 Å². The van der Waals surface area contributed by atoms with E-state index in [0.29, 0.717) is 6.61 Å². The van der Waals surface area contributed by atoms with Crippen molar-refractivity contribution in [3.63, 3.8) is 0 Å². The Hall–Kier alpha value is -1.39. The van der Waals surface area contributed by atoms with Gasteiger partial charge in [-0.3, -0.25) is 9.69 Å². The van der Waals surface area contributed by atoms with Gasteiger partial charge < -0.3 is 9.64 Å². The van der Waals surface area contributed by atoms with Gasteiger partial charge in [-0.1, -0.05) is 30.3 Å². The molecule has 1 atom stereocenters. The van der Waals surface area contributed by atoms with E-state index in [1.165, 1.54) is 18.4 Å². The highest BCUT2D eigenvalue weighted by Crippen LogP contribution is 2.33. The second kappa shape index (κ2) is 6.58. The molecule has 0 N–H and O–H groups in total. The first-order valence-corrected chi connectivity index (χ1v) is 7.95. The summed E-state index contributed by atoms with van der Waals surface area (Å²) in [6, 6.07) is 11.3. The zero-order valence-corrected chi connectivity index (χ0v) is 12.7. The Morgan fingerprint density at radius 2 is 2.00 bits per heavy atom. The van der Waals surface area contributed by atoms with Gasteiger partial charge in [0.25, 0.3) is 0 Å². The number of rotatable bonds is 5. The average molecular weight is 288 g/mol. The molecule has 1 amide bonds. The lowest BCUT2D eigenvalue weighted by molar-refractivity contribution is -0.141. The molecule has 1 aromatic carbocycles. The third kappa shape index (κ3) is 3.44. The number of carbonyl (C=O) groups excluding carboxylic acids is 1. The zero-order chi connectivity index (χ0) is 14.7. The van der Waals surface area contributed by atoms with Crippen LogP contribution in [-0.4, -0.2) is 54.6 Å². The standard InChI is InChI=1S/C17H24N2O2/c1-2-21-13-17(20)19-11-10-18(15-8-9-15)12-16(19)14-6-4-3-5-7-14/h3-7,15-16H,2,8-13H2,1H3. The van der Waals surface area contributed by atoms with Crippen molar-refractivity contribution >= 4 is 5.91 Å². The third-order valence-corrected chi connectivity index (χ3v) is 4.41. The Bertz CT molecular complexity index is 473. The molecule has 0 aromatic heterocycles. The van der Waals surface area contributed by atoms with Crippen molar-refractivity contribution in [1.29, 1.82) is 0 Å². The highest BCUT2D eigenvalue weighted by Gasteiger charge is 2.37. The van der Waals surface area contributed by atoms with E-state index in [1.54, 1.807) is 0 Å². The molecule has 1 heterocycles. The fourth-order valence-electron chi connectivity index (χ4n) is 3.11. The lowest BCUT2D eigenvalue weighted by atomic mass is 10.0. The number of ether oxygens (including phenoxy) is 1. The Labute approximate surface area is 126 Å². The van der Waals surface area contributed by atoms with Crippen LogP contribution in [0, 0.1) is 0 Å². The zero-order valence-electron chi connectivity index (χ0n) is 12.7. The largest absolute Gasteiger partial charge is 0.372 e. The van der Waals surface area contributed by atoms with Gasteiger partial charge in [0.15, 0.2) is 0 Å². The van der Waals surface area contributed by atoms with Crippen molar-refractivity contribution in [3.8, 4) is 0 Å². The van der Waals surface area contributed by atoms with Crippen LogP contribution in [0.3, 0.4) is 0 Å². The first-order chi connectivity index (χ1) is 10.3. The predicted molar refractivity (Wildman–Crippen MR) is 82.0 cm³/mol. The Morgan fingerprint density at radius 3 is 2.67 bits per heavy atom. The summed E-state index contributed by atoms with van der Waals surface area (Å²) in [5.41, 5.74) is 1.23. The minimum absolute atomic E-state index is 0.112. The van der Waals surface area contributed by atoms with E-state index in [0.717, 1.165) is 25.7 Å². The summed E-state index contributed by atoms with van der Waals surface area (Å²) in [7, 11) is 0. The number of hydrogen-bond donors (Lipinski definition) is 0. The van der Waals surface area contributed by atoms with Crippen LogP contribution in [0.5, 0.6) is 0 Å². The van der Waals surface area contributed by atoms with Gasteiger partial charge in [0, 0.05) is 32.3 Å². The van der Waals surface area contributed by atoms with Gasteiger partial charge >= 0.3 is 0 Å². The van der Waals surface area contributed by atoms with Crippen LogP contribution in [0.2, 0.25) is 0 Å². The SMILES string of the molecule is CCOCC(=O)N1CCN(C2CC2)CC1c1ccccc1. The summed E-state index contributed by atoms with van der Waals surface area (Å²) < 4.78 is 5.31. The molecule has 4 nitrogen and oxygen atoms in total. The molecule has 2 fully saturated rings. The van der Waals surface area contributed by atoms with Crippen molar-refractivity contribution in [2.24, 2.45) is 0 Å². The van der Waals surface area contributed by atoms with E-state index in [1.807, 2.05) is 17.9 Å². The molecule has 1 aliphatic carbocycles. The van der Waals surface area contributed by atoms with Crippen molar-refractivity contribution in [1.82, 2.24) is 9.80 Å². The van der Waals surface area contributed by atoms with E-state index in [9.17, 15) is 4.79 Å². The van der Waals surface area contributed by atoms with Crippen molar-refractivity contribution in [3.05, 3.63) is 35.9 Å². The normalized spacial score (nSPS) is 23.3. The number of benzene rings is 1. The molecule has 0 radical (unpaired) electrons. The molecular weight excluding hydrogens is 264 g/mol. The summed E-state index contributed by atoms with van der Waals surface area (Å²) in [5, 5.41) is 0. The molecule has 2 aliphatic rings. The monoisotopic (exact) mass is 288 g/mol. The van der Waals surface area contributed by atoms with Gasteiger partial charge in [0.05, 0.1) is 6.04 Å². The van der Waals surface area contributed by atoms with Gasteiger partial charge in [-0.25, -0.2) is 0 Å². The predicted octanol–water partition coefficient (Wildman–Crippen LogP) is 2.07. The second-order valence-corrected chi connectivity index (χ2v) is 5.88. The highest BCUT2D eigenvalue weighted by atomic mass is 16.5. The molecule has 1 saturated heterocycles. The number of carbonyl (C=O) groups is 1. The lowest BCUT2D eigenvalue weighted by Crippen LogP contribution is -2.52. The molecule has 0 bridgehead atoms. The molecule has 1 unspecified atom stereocenters. The van der Waals surface area contributed by atoms with Gasteiger partial charge in [-0.15, -0.1) is 0 Å². The van der Waals surface area contributed by atoms with Crippen LogP contribution < -0.4 is 0 Å². The summed E-state index contributed by atoms with van der Waals surface area (Å²) in [4.78, 5) is 17.0. The van der Waals surface area contributed by atoms with Crippen LogP contribution in [0.15, 0.2) is 30.3 Å². The van der Waals surface area contributed by atoms with Crippen LogP contribution in [0.1, 0.15) is 31.4 Å². The minimum atomic E-state index is 0.112. The molecule has 3 rings (SSSR count). The van der Waals surface area contributed by atoms with Gasteiger partial charge in [-0.2, -0.15) is 0 Å². The van der Waals surface area contributed by atoms with Crippen LogP contribution >= 0.6 is 0 Å². The van der Waals surface area contributed by atoms with E-state index in [-0.39, 0.29) is 18.6 Å². The highest BCUT2D eigenvalue weighted by molar-refractivity contribution is 5.78. The quantitative estimate of drug-likeness (QED) is 0.831. The Morgan fingerprint density at radius 1 is 1.24 bits per heavy atom. The maximum Gasteiger partial charge on any atom is 0.249 e. The summed E-state index contributed by atoms with van der Waals surface area (Å²) in [6.45, 7) is 5.46. The molecule has 0 spiro atoms. The first-order valence-electron chi connectivity index (χ1n) is 7.95. The second-order valence-electron chi connectivity index (χ2n) is 5.88. The molecule has 1 aliphatic heterocycles. The van der Waals surface area contributed by atoms with Crippen LogP contribution in [0.4, 0.5) is 0 Å². The Balaban J connectivity index is 1.75. The molecule has 21 heavy (non-hydrogen) atoms. The van der Waals surface area contributed by atoms with Gasteiger partial charge in [0.1, 0.15) is 6.61 Å². The number of amides is 1. The average Bonchev–Trinajstić information content (AvgIpc) is 3.38. The van der Waals surface area contributed by atoms with E-state index in [2.05, 4.69) is 29.2 Å². The smallest absolute Gasteiger partial charge is 0.249 e. The van der Waals surface area contributed by atoms with Crippen molar-refractivity contribution in [2.45, 2.75) is 31.8 Å². The number of hydrogen-bond acceptors (Lipinski definition) is 3. The molecule has 1 aromatic rings. The van der Waals surface area contributed by atoms with Gasteiger partial charge in [-0.05, 0) is 25.3 Å². The summed E-state index contributed by atoms with van der Waals surface area (Å²) in [6.07, 6.45) is 2.63. The molecular formula is C17H24N2O2. The van der Waals surface area contributed by atoms with Gasteiger partial charge in [0.2, 0.25) is 5.91 Å². The molecule has 1 saturated carbocycles. The topological polar surface area (TPSA) is 32.8 Å². The summed E-state index contributed by atoms with van der Waals surface area (Å²) in [5.74, 6) is 0.112. The first kappa shape index (κ1) is 14.5. The van der Waals surface area contributed by atoms with Crippen LogP contribution in [0.25, 0.3) is 0 Å². The molecule has 4 heteroatoms. The van der Waals surface area contributed by atoms with Crippen molar-refractivity contribution in [2.75, 3.05) is 32.8 Å². The third-order valence-electron chi connectivity index (χ3n) is 4.41. The van der Waals surface area contributed by atoms with E-state index < -0.39 is 0 Å². The summed E-state index contributed by atoms with van der Waals surface area (Å²) >= 11 is 0. The fraction of sp³-hybridized carbons (Fsp3) is 0.588. The lowest BCUT2D eigenvalue weighted by Gasteiger charge is -2.42. The Kier molecular flexibility index (Phi) is 4.56. The fourth-order valence-corrected chi connectivity index (χ4v) is 3.11. The maximum absolute atomic E-state index is 12.4. The minimum Gasteiger partial charge on any atom is -0.372 e. The number of nitrogens with zero attached hydrogens (tertiary/aromatic N) is 2. The molecule has 114 valence electrons.